The van der Waals surface area contributed by atoms with Crippen molar-refractivity contribution in [2.24, 2.45) is 0 Å². The zero-order chi connectivity index (χ0) is 11.7. The van der Waals surface area contributed by atoms with Crippen LogP contribution < -0.4 is 0 Å². The standard InChI is InChI=1S/C12H12O4/c1-7-6-8-4-3-5-9(11(8)16-7)10(13)12(14)15-2/h3-6,10,13H,1-2H3. The van der Waals surface area contributed by atoms with E-state index < -0.39 is 12.1 Å². The maximum absolute atomic E-state index is 11.2. The monoisotopic (exact) mass is 220 g/mol. The number of fused-ring (bicyclic) bond motifs is 1. The molecule has 4 heteroatoms. The third-order valence-corrected chi connectivity index (χ3v) is 2.42. The molecule has 1 heterocycles. The summed E-state index contributed by atoms with van der Waals surface area (Å²) < 4.78 is 9.94. The van der Waals surface area contributed by atoms with Crippen LogP contribution >= 0.6 is 0 Å². The van der Waals surface area contributed by atoms with Gasteiger partial charge in [0.2, 0.25) is 0 Å². The summed E-state index contributed by atoms with van der Waals surface area (Å²) in [6.45, 7) is 1.81. The topological polar surface area (TPSA) is 59.7 Å². The quantitative estimate of drug-likeness (QED) is 0.786. The largest absolute Gasteiger partial charge is 0.467 e. The summed E-state index contributed by atoms with van der Waals surface area (Å²) in [5.41, 5.74) is 0.954. The van der Waals surface area contributed by atoms with E-state index in [-0.39, 0.29) is 0 Å². The first-order valence-electron chi connectivity index (χ1n) is 4.88. The molecule has 0 aliphatic heterocycles. The number of carbonyl (C=O) groups is 1. The summed E-state index contributed by atoms with van der Waals surface area (Å²) in [5, 5.41) is 10.6. The van der Waals surface area contributed by atoms with E-state index in [4.69, 9.17) is 4.42 Å². The Hall–Kier alpha value is -1.81. The zero-order valence-corrected chi connectivity index (χ0v) is 9.06. The Morgan fingerprint density at radius 3 is 2.94 bits per heavy atom. The molecular weight excluding hydrogens is 208 g/mol. The van der Waals surface area contributed by atoms with Crippen LogP contribution in [0.5, 0.6) is 0 Å². The second-order valence-electron chi connectivity index (χ2n) is 3.55. The molecule has 1 unspecified atom stereocenters. The van der Waals surface area contributed by atoms with Gasteiger partial charge >= 0.3 is 5.97 Å². The molecule has 0 aliphatic carbocycles. The average Bonchev–Trinajstić information content (AvgIpc) is 2.66. The molecule has 84 valence electrons. The molecule has 0 saturated carbocycles. The number of furan rings is 1. The molecule has 0 spiro atoms. The van der Waals surface area contributed by atoms with Crippen LogP contribution in [0.1, 0.15) is 17.4 Å². The zero-order valence-electron chi connectivity index (χ0n) is 9.06. The van der Waals surface area contributed by atoms with Crippen LogP contribution in [0.3, 0.4) is 0 Å². The van der Waals surface area contributed by atoms with E-state index in [2.05, 4.69) is 4.74 Å². The van der Waals surface area contributed by atoms with Crippen LogP contribution in [0.15, 0.2) is 28.7 Å². The van der Waals surface area contributed by atoms with Crippen molar-refractivity contribution in [3.63, 3.8) is 0 Å². The molecule has 0 bridgehead atoms. The Bertz CT molecular complexity index is 527. The molecular formula is C12H12O4. The molecule has 1 aromatic carbocycles. The number of para-hydroxylation sites is 1. The Labute approximate surface area is 92.4 Å². The number of rotatable bonds is 2. The summed E-state index contributed by atoms with van der Waals surface area (Å²) in [4.78, 5) is 11.2. The first-order valence-corrected chi connectivity index (χ1v) is 4.88. The van der Waals surface area contributed by atoms with E-state index in [9.17, 15) is 9.90 Å². The Kier molecular flexibility index (Phi) is 2.66. The normalized spacial score (nSPS) is 12.7. The second-order valence-corrected chi connectivity index (χ2v) is 3.55. The van der Waals surface area contributed by atoms with E-state index in [1.54, 1.807) is 12.1 Å². The average molecular weight is 220 g/mol. The minimum atomic E-state index is -1.31. The minimum Gasteiger partial charge on any atom is -0.467 e. The van der Waals surface area contributed by atoms with Crippen LogP contribution in [0.2, 0.25) is 0 Å². The van der Waals surface area contributed by atoms with Gasteiger partial charge in [-0.3, -0.25) is 0 Å². The highest BCUT2D eigenvalue weighted by Crippen LogP contribution is 2.27. The number of methoxy groups -OCH3 is 1. The molecule has 0 amide bonds. The van der Waals surface area contributed by atoms with Gasteiger partial charge in [0.05, 0.1) is 7.11 Å². The van der Waals surface area contributed by atoms with Gasteiger partial charge in [0.15, 0.2) is 6.10 Å². The van der Waals surface area contributed by atoms with E-state index in [1.165, 1.54) is 7.11 Å². The third-order valence-electron chi connectivity index (χ3n) is 2.42. The Morgan fingerprint density at radius 2 is 2.25 bits per heavy atom. The minimum absolute atomic E-state index is 0.428. The predicted octanol–water partition coefficient (Wildman–Crippen LogP) is 1.95. The summed E-state index contributed by atoms with van der Waals surface area (Å²) in [6.07, 6.45) is -1.31. The van der Waals surface area contributed by atoms with Crippen LogP contribution in [0.25, 0.3) is 11.0 Å². The lowest BCUT2D eigenvalue weighted by Gasteiger charge is -2.08. The molecule has 1 atom stereocenters. The van der Waals surface area contributed by atoms with Crippen LogP contribution in [-0.2, 0) is 9.53 Å². The number of aliphatic hydroxyl groups excluding tert-OH is 1. The predicted molar refractivity (Wildman–Crippen MR) is 57.9 cm³/mol. The lowest BCUT2D eigenvalue weighted by atomic mass is 10.1. The fraction of sp³-hybridized carbons (Fsp3) is 0.250. The molecule has 0 aliphatic rings. The smallest absolute Gasteiger partial charge is 0.339 e. The maximum Gasteiger partial charge on any atom is 0.339 e. The molecule has 1 aromatic heterocycles. The highest BCUT2D eigenvalue weighted by Gasteiger charge is 2.21. The van der Waals surface area contributed by atoms with Gasteiger partial charge < -0.3 is 14.3 Å². The van der Waals surface area contributed by atoms with E-state index >= 15 is 0 Å². The molecule has 0 saturated heterocycles. The number of ether oxygens (including phenoxy) is 1. The lowest BCUT2D eigenvalue weighted by Crippen LogP contribution is -2.13. The van der Waals surface area contributed by atoms with Crippen molar-refractivity contribution in [2.45, 2.75) is 13.0 Å². The summed E-state index contributed by atoms with van der Waals surface area (Å²) in [6, 6.07) is 7.12. The van der Waals surface area contributed by atoms with Crippen molar-refractivity contribution in [3.8, 4) is 0 Å². The van der Waals surface area contributed by atoms with Crippen molar-refractivity contribution >= 4 is 16.9 Å². The number of benzene rings is 1. The van der Waals surface area contributed by atoms with Crippen LogP contribution in [0, 0.1) is 6.92 Å². The van der Waals surface area contributed by atoms with Crippen molar-refractivity contribution in [2.75, 3.05) is 7.11 Å². The number of hydrogen-bond acceptors (Lipinski definition) is 4. The SMILES string of the molecule is COC(=O)C(O)c1cccc2cc(C)oc12. The van der Waals surface area contributed by atoms with Crippen molar-refractivity contribution in [1.82, 2.24) is 0 Å². The van der Waals surface area contributed by atoms with Gasteiger partial charge in [-0.05, 0) is 13.0 Å². The molecule has 4 nitrogen and oxygen atoms in total. The Balaban J connectivity index is 2.55. The molecule has 2 aromatic rings. The van der Waals surface area contributed by atoms with Gasteiger partial charge in [-0.25, -0.2) is 4.79 Å². The number of hydrogen-bond donors (Lipinski definition) is 1. The maximum atomic E-state index is 11.2. The summed E-state index contributed by atoms with van der Waals surface area (Å²) in [5.74, 6) is 0.0427. The van der Waals surface area contributed by atoms with Gasteiger partial charge in [0.25, 0.3) is 0 Å². The molecule has 0 fully saturated rings. The van der Waals surface area contributed by atoms with Gasteiger partial charge in [0, 0.05) is 10.9 Å². The molecule has 0 radical (unpaired) electrons. The number of aliphatic hydroxyl groups is 1. The summed E-state index contributed by atoms with van der Waals surface area (Å²) >= 11 is 0. The fourth-order valence-electron chi connectivity index (χ4n) is 1.67. The molecule has 16 heavy (non-hydrogen) atoms. The molecule has 2 rings (SSSR count). The highest BCUT2D eigenvalue weighted by atomic mass is 16.5. The Morgan fingerprint density at radius 1 is 1.50 bits per heavy atom. The highest BCUT2D eigenvalue weighted by molar-refractivity contribution is 5.87. The van der Waals surface area contributed by atoms with Crippen LogP contribution in [-0.4, -0.2) is 18.2 Å². The first-order chi connectivity index (χ1) is 7.63. The van der Waals surface area contributed by atoms with E-state index in [1.807, 2.05) is 19.1 Å². The lowest BCUT2D eigenvalue weighted by molar-refractivity contribution is -0.150. The summed E-state index contributed by atoms with van der Waals surface area (Å²) in [7, 11) is 1.24. The fourth-order valence-corrected chi connectivity index (χ4v) is 1.67. The van der Waals surface area contributed by atoms with Gasteiger partial charge in [0.1, 0.15) is 11.3 Å². The van der Waals surface area contributed by atoms with E-state index in [0.717, 1.165) is 11.1 Å². The van der Waals surface area contributed by atoms with Crippen molar-refractivity contribution in [3.05, 3.63) is 35.6 Å². The second kappa shape index (κ2) is 3.98. The van der Waals surface area contributed by atoms with Gasteiger partial charge in [-0.15, -0.1) is 0 Å². The number of esters is 1. The van der Waals surface area contributed by atoms with Crippen molar-refractivity contribution < 1.29 is 19.1 Å². The number of carbonyl (C=O) groups excluding carboxylic acids is 1. The van der Waals surface area contributed by atoms with E-state index in [0.29, 0.717) is 11.1 Å². The van der Waals surface area contributed by atoms with Crippen LogP contribution in [0.4, 0.5) is 0 Å². The van der Waals surface area contributed by atoms with Crippen molar-refractivity contribution in [1.29, 1.82) is 0 Å². The number of aryl methyl sites for hydroxylation is 1. The third kappa shape index (κ3) is 1.67. The molecule has 1 N–H and O–H groups in total. The van der Waals surface area contributed by atoms with Gasteiger partial charge in [-0.2, -0.15) is 0 Å². The van der Waals surface area contributed by atoms with Gasteiger partial charge in [-0.1, -0.05) is 18.2 Å². The first kappa shape index (κ1) is 10.7.